The molecule has 1 aliphatic heterocycles. The number of nitrogens with one attached hydrogen (secondary N) is 2. The molecule has 2 heterocycles. The molecular weight excluding hydrogens is 432 g/mol. The van der Waals surface area contributed by atoms with Gasteiger partial charge in [0, 0.05) is 26.2 Å². The van der Waals surface area contributed by atoms with E-state index in [-0.39, 0.29) is 31.1 Å². The Labute approximate surface area is 186 Å². The van der Waals surface area contributed by atoms with Crippen LogP contribution in [0.15, 0.2) is 70.2 Å². The lowest BCUT2D eigenvalue weighted by Gasteiger charge is -2.33. The SMILES string of the molecule is O=C(CN1CCN(S(=O)(=O)c2ccc3ccccc3c2)CC1)NC(=O)NCc1ccco1. The standard InChI is InChI=1S/C22H24N4O5S/c27-21(24-22(28)23-15-19-6-3-13-31-19)16-25-9-11-26(12-10-25)32(29,30)20-8-7-17-4-1-2-5-18(17)14-20/h1-8,13-14H,9-12,15-16H2,(H2,23,24,27,28). The highest BCUT2D eigenvalue weighted by atomic mass is 32.2. The van der Waals surface area contributed by atoms with Crippen molar-refractivity contribution < 1.29 is 22.4 Å². The summed E-state index contributed by atoms with van der Waals surface area (Å²) in [7, 11) is -3.62. The van der Waals surface area contributed by atoms with E-state index in [1.165, 1.54) is 10.6 Å². The van der Waals surface area contributed by atoms with Gasteiger partial charge in [-0.05, 0) is 35.0 Å². The summed E-state index contributed by atoms with van der Waals surface area (Å²) in [6, 6.07) is 15.5. The number of urea groups is 1. The van der Waals surface area contributed by atoms with Crippen molar-refractivity contribution in [2.75, 3.05) is 32.7 Å². The Morgan fingerprint density at radius 1 is 0.938 bits per heavy atom. The molecule has 0 aliphatic carbocycles. The third-order valence-corrected chi connectivity index (χ3v) is 7.21. The van der Waals surface area contributed by atoms with Gasteiger partial charge in [0.25, 0.3) is 0 Å². The summed E-state index contributed by atoms with van der Waals surface area (Å²) in [5, 5.41) is 6.66. The Balaban J connectivity index is 1.27. The maximum absolute atomic E-state index is 13.0. The number of hydrogen-bond acceptors (Lipinski definition) is 6. The maximum atomic E-state index is 13.0. The smallest absolute Gasteiger partial charge is 0.321 e. The van der Waals surface area contributed by atoms with Gasteiger partial charge in [-0.3, -0.25) is 15.0 Å². The van der Waals surface area contributed by atoms with Crippen LogP contribution in [0.3, 0.4) is 0 Å². The normalized spacial score (nSPS) is 15.5. The molecule has 0 bridgehead atoms. The van der Waals surface area contributed by atoms with Gasteiger partial charge in [0.15, 0.2) is 0 Å². The van der Waals surface area contributed by atoms with Crippen LogP contribution in [-0.4, -0.2) is 62.3 Å². The van der Waals surface area contributed by atoms with Gasteiger partial charge in [0.2, 0.25) is 15.9 Å². The van der Waals surface area contributed by atoms with Gasteiger partial charge in [-0.25, -0.2) is 13.2 Å². The number of carbonyl (C=O) groups is 2. The number of furan rings is 1. The number of sulfonamides is 1. The number of amides is 3. The highest BCUT2D eigenvalue weighted by molar-refractivity contribution is 7.89. The van der Waals surface area contributed by atoms with Crippen molar-refractivity contribution in [2.24, 2.45) is 0 Å². The third-order valence-electron chi connectivity index (χ3n) is 5.31. The van der Waals surface area contributed by atoms with Crippen LogP contribution in [0.4, 0.5) is 4.79 Å². The summed E-state index contributed by atoms with van der Waals surface area (Å²) in [4.78, 5) is 26.1. The average Bonchev–Trinajstić information content (AvgIpc) is 3.31. The number of carbonyl (C=O) groups excluding carboxylic acids is 2. The first kappa shape index (κ1) is 22.0. The van der Waals surface area contributed by atoms with Crippen LogP contribution in [0.2, 0.25) is 0 Å². The Bertz CT molecular complexity index is 1200. The average molecular weight is 457 g/mol. The monoisotopic (exact) mass is 456 g/mol. The van der Waals surface area contributed by atoms with E-state index in [0.29, 0.717) is 18.8 Å². The molecule has 3 amide bonds. The summed E-state index contributed by atoms with van der Waals surface area (Å²) in [6.45, 7) is 1.53. The molecule has 1 aromatic heterocycles. The molecule has 1 aliphatic rings. The van der Waals surface area contributed by atoms with Crippen molar-refractivity contribution in [1.29, 1.82) is 0 Å². The molecule has 0 unspecified atom stereocenters. The molecule has 0 spiro atoms. The van der Waals surface area contributed by atoms with Gasteiger partial charge in [0.05, 0.1) is 24.2 Å². The molecule has 1 saturated heterocycles. The van der Waals surface area contributed by atoms with Gasteiger partial charge in [-0.15, -0.1) is 0 Å². The Hall–Kier alpha value is -3.21. The molecule has 2 N–H and O–H groups in total. The fourth-order valence-corrected chi connectivity index (χ4v) is 5.06. The highest BCUT2D eigenvalue weighted by Crippen LogP contribution is 2.22. The van der Waals surface area contributed by atoms with E-state index in [2.05, 4.69) is 10.6 Å². The molecule has 32 heavy (non-hydrogen) atoms. The topological polar surface area (TPSA) is 112 Å². The second kappa shape index (κ2) is 9.51. The summed E-state index contributed by atoms with van der Waals surface area (Å²) < 4.78 is 32.6. The van der Waals surface area contributed by atoms with E-state index in [4.69, 9.17) is 4.42 Å². The molecule has 1 fully saturated rings. The molecule has 9 nitrogen and oxygen atoms in total. The van der Waals surface area contributed by atoms with E-state index in [0.717, 1.165) is 10.8 Å². The first-order valence-corrected chi connectivity index (χ1v) is 11.7. The van der Waals surface area contributed by atoms with E-state index < -0.39 is 22.0 Å². The van der Waals surface area contributed by atoms with Crippen molar-refractivity contribution >= 4 is 32.7 Å². The molecule has 2 aromatic carbocycles. The third kappa shape index (κ3) is 5.16. The van der Waals surface area contributed by atoms with Gasteiger partial charge in [0.1, 0.15) is 5.76 Å². The fourth-order valence-electron chi connectivity index (χ4n) is 3.60. The Morgan fingerprint density at radius 2 is 1.69 bits per heavy atom. The van der Waals surface area contributed by atoms with Crippen LogP contribution in [0.1, 0.15) is 5.76 Å². The summed E-state index contributed by atoms with van der Waals surface area (Å²) >= 11 is 0. The molecule has 168 valence electrons. The van der Waals surface area contributed by atoms with Gasteiger partial charge >= 0.3 is 6.03 Å². The zero-order chi connectivity index (χ0) is 22.6. The van der Waals surface area contributed by atoms with E-state index in [1.807, 2.05) is 29.2 Å². The zero-order valence-electron chi connectivity index (χ0n) is 17.4. The minimum atomic E-state index is -3.62. The van der Waals surface area contributed by atoms with Crippen LogP contribution < -0.4 is 10.6 Å². The Kier molecular flexibility index (Phi) is 6.54. The molecule has 0 atom stereocenters. The number of rotatable bonds is 6. The fraction of sp³-hybridized carbons (Fsp3) is 0.273. The van der Waals surface area contributed by atoms with Gasteiger partial charge in [-0.2, -0.15) is 4.31 Å². The zero-order valence-corrected chi connectivity index (χ0v) is 18.2. The van der Waals surface area contributed by atoms with Gasteiger partial charge < -0.3 is 9.73 Å². The lowest BCUT2D eigenvalue weighted by molar-refractivity contribution is -0.121. The van der Waals surface area contributed by atoms with E-state index in [9.17, 15) is 18.0 Å². The number of imide groups is 1. The van der Waals surface area contributed by atoms with Crippen molar-refractivity contribution in [3.05, 3.63) is 66.6 Å². The predicted octanol–water partition coefficient (Wildman–Crippen LogP) is 1.77. The minimum Gasteiger partial charge on any atom is -0.467 e. The summed E-state index contributed by atoms with van der Waals surface area (Å²) in [5.41, 5.74) is 0. The van der Waals surface area contributed by atoms with Crippen molar-refractivity contribution in [1.82, 2.24) is 19.8 Å². The van der Waals surface area contributed by atoms with Crippen molar-refractivity contribution in [3.63, 3.8) is 0 Å². The predicted molar refractivity (Wildman–Crippen MR) is 118 cm³/mol. The molecular formula is C22H24N4O5S. The highest BCUT2D eigenvalue weighted by Gasteiger charge is 2.29. The first-order chi connectivity index (χ1) is 15.4. The van der Waals surface area contributed by atoms with Crippen molar-refractivity contribution in [2.45, 2.75) is 11.4 Å². The number of piperazine rings is 1. The molecule has 0 saturated carbocycles. The van der Waals surface area contributed by atoms with E-state index >= 15 is 0 Å². The maximum Gasteiger partial charge on any atom is 0.321 e. The lowest BCUT2D eigenvalue weighted by atomic mass is 10.1. The van der Waals surface area contributed by atoms with Crippen LogP contribution >= 0.6 is 0 Å². The largest absolute Gasteiger partial charge is 0.467 e. The molecule has 3 aromatic rings. The number of nitrogens with zero attached hydrogens (tertiary/aromatic N) is 2. The molecule has 4 rings (SSSR count). The number of benzene rings is 2. The van der Waals surface area contributed by atoms with Gasteiger partial charge in [-0.1, -0.05) is 30.3 Å². The number of fused-ring (bicyclic) bond motifs is 1. The van der Waals surface area contributed by atoms with Crippen LogP contribution in [0, 0.1) is 0 Å². The van der Waals surface area contributed by atoms with Crippen LogP contribution in [0.5, 0.6) is 0 Å². The number of hydrogen-bond donors (Lipinski definition) is 2. The van der Waals surface area contributed by atoms with Crippen LogP contribution in [-0.2, 0) is 21.4 Å². The molecule has 10 heteroatoms. The van der Waals surface area contributed by atoms with E-state index in [1.54, 1.807) is 30.3 Å². The van der Waals surface area contributed by atoms with Crippen molar-refractivity contribution in [3.8, 4) is 0 Å². The summed E-state index contributed by atoms with van der Waals surface area (Å²) in [6.07, 6.45) is 1.50. The first-order valence-electron chi connectivity index (χ1n) is 10.2. The quantitative estimate of drug-likeness (QED) is 0.585. The Morgan fingerprint density at radius 3 is 2.41 bits per heavy atom. The second-order valence-electron chi connectivity index (χ2n) is 7.50. The molecule has 0 radical (unpaired) electrons. The summed E-state index contributed by atoms with van der Waals surface area (Å²) in [5.74, 6) is 0.129. The second-order valence-corrected chi connectivity index (χ2v) is 9.44. The minimum absolute atomic E-state index is 0.0119. The van der Waals surface area contributed by atoms with Crippen LogP contribution in [0.25, 0.3) is 10.8 Å². The lowest BCUT2D eigenvalue weighted by Crippen LogP contribution is -2.52.